The van der Waals surface area contributed by atoms with E-state index in [0.717, 1.165) is 0 Å². The summed E-state index contributed by atoms with van der Waals surface area (Å²) < 4.78 is 22.6. The van der Waals surface area contributed by atoms with Crippen LogP contribution in [0.2, 0.25) is 0 Å². The van der Waals surface area contributed by atoms with Crippen molar-refractivity contribution >= 4 is 38.3 Å². The van der Waals surface area contributed by atoms with Gasteiger partial charge in [0.05, 0.1) is 15.5 Å². The zero-order valence-electron chi connectivity index (χ0n) is 14.6. The van der Waals surface area contributed by atoms with Crippen molar-refractivity contribution in [1.29, 1.82) is 5.26 Å². The van der Waals surface area contributed by atoms with Crippen molar-refractivity contribution in [2.75, 3.05) is 5.32 Å². The van der Waals surface area contributed by atoms with E-state index in [0.29, 0.717) is 22.0 Å². The Labute approximate surface area is 170 Å². The molecule has 0 bridgehead atoms. The molecule has 0 atom stereocenters. The molecule has 0 aliphatic heterocycles. The molecule has 0 aliphatic rings. The van der Waals surface area contributed by atoms with E-state index in [9.17, 15) is 23.8 Å². The van der Waals surface area contributed by atoms with Gasteiger partial charge in [0, 0.05) is 35.0 Å². The highest BCUT2D eigenvalue weighted by molar-refractivity contribution is 7.89. The van der Waals surface area contributed by atoms with Crippen molar-refractivity contribution in [3.8, 4) is 17.3 Å². The molecule has 3 N–H and O–H groups in total. The van der Waals surface area contributed by atoms with Gasteiger partial charge in [0.1, 0.15) is 16.6 Å². The number of thiazole rings is 1. The first kappa shape index (κ1) is 20.2. The molecule has 0 amide bonds. The van der Waals surface area contributed by atoms with E-state index in [1.165, 1.54) is 53.9 Å². The van der Waals surface area contributed by atoms with Crippen molar-refractivity contribution in [3.05, 3.63) is 75.2 Å². The molecule has 3 aromatic rings. The number of nitrogens with two attached hydrogens (primary N) is 1. The molecule has 3 rings (SSSR count). The van der Waals surface area contributed by atoms with Crippen molar-refractivity contribution in [3.63, 3.8) is 0 Å². The summed E-state index contributed by atoms with van der Waals surface area (Å²) in [4.78, 5) is 14.8. The monoisotopic (exact) mass is 427 g/mol. The van der Waals surface area contributed by atoms with Crippen LogP contribution in [0.5, 0.6) is 0 Å². The summed E-state index contributed by atoms with van der Waals surface area (Å²) in [6.45, 7) is 0. The third kappa shape index (κ3) is 4.82. The lowest BCUT2D eigenvalue weighted by molar-refractivity contribution is -0.384. The number of aromatic nitrogens is 1. The van der Waals surface area contributed by atoms with Gasteiger partial charge in [-0.25, -0.2) is 18.5 Å². The van der Waals surface area contributed by atoms with Crippen LogP contribution in [0.25, 0.3) is 16.8 Å². The van der Waals surface area contributed by atoms with Crippen LogP contribution >= 0.6 is 11.3 Å². The molecule has 29 heavy (non-hydrogen) atoms. The number of sulfonamides is 1. The van der Waals surface area contributed by atoms with Gasteiger partial charge in [-0.1, -0.05) is 12.1 Å². The van der Waals surface area contributed by atoms with Crippen molar-refractivity contribution < 1.29 is 13.3 Å². The second-order valence-electron chi connectivity index (χ2n) is 5.73. The molecule has 0 unspecified atom stereocenters. The summed E-state index contributed by atoms with van der Waals surface area (Å²) in [5.74, 6) is 0. The fraction of sp³-hybridized carbons (Fsp3) is 0. The molecular formula is C18H13N5O4S2. The third-order valence-corrected chi connectivity index (χ3v) is 5.58. The summed E-state index contributed by atoms with van der Waals surface area (Å²) in [5.41, 5.74) is 1.86. The minimum atomic E-state index is -3.78. The van der Waals surface area contributed by atoms with Crippen LogP contribution in [0, 0.1) is 21.4 Å². The first-order chi connectivity index (χ1) is 13.8. The van der Waals surface area contributed by atoms with Crippen molar-refractivity contribution in [1.82, 2.24) is 4.98 Å². The van der Waals surface area contributed by atoms with Gasteiger partial charge in [0.25, 0.3) is 5.69 Å². The lowest BCUT2D eigenvalue weighted by Gasteiger charge is -2.03. The molecule has 146 valence electrons. The predicted molar refractivity (Wildman–Crippen MR) is 109 cm³/mol. The van der Waals surface area contributed by atoms with E-state index in [1.807, 2.05) is 6.07 Å². The maximum absolute atomic E-state index is 11.3. The average Bonchev–Trinajstić information content (AvgIpc) is 3.18. The molecule has 0 saturated carbocycles. The van der Waals surface area contributed by atoms with E-state index < -0.39 is 14.9 Å². The largest absolute Gasteiger partial charge is 0.360 e. The number of allylic oxidation sites excluding steroid dienone is 1. The number of nitro groups is 1. The van der Waals surface area contributed by atoms with Crippen LogP contribution in [0.15, 0.2) is 65.0 Å². The van der Waals surface area contributed by atoms with Gasteiger partial charge in [0.2, 0.25) is 10.0 Å². The van der Waals surface area contributed by atoms with Gasteiger partial charge in [0.15, 0.2) is 0 Å². The molecule has 9 nitrogen and oxygen atoms in total. The van der Waals surface area contributed by atoms with Crippen molar-refractivity contribution in [2.45, 2.75) is 4.90 Å². The zero-order valence-corrected chi connectivity index (χ0v) is 16.3. The minimum absolute atomic E-state index is 0.0194. The SMILES string of the molecule is N#CC(=CNc1ccc(S(N)(=O)=O)cc1)c1nc(-c2cccc([N+](=O)[O-])c2)cs1. The van der Waals surface area contributed by atoms with Crippen LogP contribution in [-0.4, -0.2) is 18.3 Å². The molecule has 0 aliphatic carbocycles. The second kappa shape index (κ2) is 8.19. The van der Waals surface area contributed by atoms with E-state index in [2.05, 4.69) is 10.3 Å². The van der Waals surface area contributed by atoms with Gasteiger partial charge in [-0.15, -0.1) is 11.3 Å². The summed E-state index contributed by atoms with van der Waals surface area (Å²) in [6.07, 6.45) is 1.45. The van der Waals surface area contributed by atoms with Crippen LogP contribution in [-0.2, 0) is 10.0 Å². The number of anilines is 1. The topological polar surface area (TPSA) is 152 Å². The van der Waals surface area contributed by atoms with E-state index in [4.69, 9.17) is 5.14 Å². The lowest BCUT2D eigenvalue weighted by Crippen LogP contribution is -2.11. The quantitative estimate of drug-likeness (QED) is 0.347. The number of hydrogen-bond donors (Lipinski definition) is 2. The molecule has 1 aromatic heterocycles. The first-order valence-corrected chi connectivity index (χ1v) is 10.4. The Morgan fingerprint density at radius 1 is 1.28 bits per heavy atom. The number of non-ortho nitro benzene ring substituents is 1. The summed E-state index contributed by atoms with van der Waals surface area (Å²) in [5, 5.41) is 30.5. The van der Waals surface area contributed by atoms with Crippen LogP contribution < -0.4 is 10.5 Å². The standard InChI is InChI=1S/C18H13N5O4S2/c19-9-13(10-21-14-4-6-16(7-5-14)29(20,26)27)18-22-17(11-28-18)12-2-1-3-15(8-12)23(24)25/h1-8,10-11,21H,(H2,20,26,27). The number of primary sulfonamides is 1. The Bertz CT molecular complexity index is 1240. The molecule has 1 heterocycles. The number of nitro benzene ring substituents is 1. The van der Waals surface area contributed by atoms with Gasteiger partial charge in [-0.3, -0.25) is 10.1 Å². The van der Waals surface area contributed by atoms with Gasteiger partial charge in [-0.2, -0.15) is 5.26 Å². The van der Waals surface area contributed by atoms with E-state index >= 15 is 0 Å². The van der Waals surface area contributed by atoms with Gasteiger partial charge < -0.3 is 5.32 Å². The fourth-order valence-electron chi connectivity index (χ4n) is 2.35. The number of nitrogens with zero attached hydrogens (tertiary/aromatic N) is 3. The van der Waals surface area contributed by atoms with Crippen molar-refractivity contribution in [2.24, 2.45) is 5.14 Å². The Hall–Kier alpha value is -3.59. The summed E-state index contributed by atoms with van der Waals surface area (Å²) >= 11 is 1.22. The number of nitriles is 1. The Morgan fingerprint density at radius 2 is 2.00 bits per heavy atom. The van der Waals surface area contributed by atoms with Gasteiger partial charge >= 0.3 is 0 Å². The normalized spacial score (nSPS) is 11.7. The smallest absolute Gasteiger partial charge is 0.270 e. The minimum Gasteiger partial charge on any atom is -0.360 e. The second-order valence-corrected chi connectivity index (χ2v) is 8.15. The Morgan fingerprint density at radius 3 is 2.62 bits per heavy atom. The van der Waals surface area contributed by atoms with Crippen LogP contribution in [0.3, 0.4) is 0 Å². The Kier molecular flexibility index (Phi) is 5.69. The summed E-state index contributed by atoms with van der Waals surface area (Å²) in [6, 6.07) is 13.8. The highest BCUT2D eigenvalue weighted by Gasteiger charge is 2.12. The molecule has 2 aromatic carbocycles. The first-order valence-electron chi connectivity index (χ1n) is 7.98. The molecular weight excluding hydrogens is 414 g/mol. The highest BCUT2D eigenvalue weighted by Crippen LogP contribution is 2.28. The van der Waals surface area contributed by atoms with Crippen LogP contribution in [0.1, 0.15) is 5.01 Å². The number of nitrogens with one attached hydrogen (secondary N) is 1. The average molecular weight is 427 g/mol. The van der Waals surface area contributed by atoms with E-state index in [-0.39, 0.29) is 16.2 Å². The zero-order chi connectivity index (χ0) is 21.0. The summed E-state index contributed by atoms with van der Waals surface area (Å²) in [7, 11) is -3.78. The number of rotatable bonds is 6. The predicted octanol–water partition coefficient (Wildman–Crippen LogP) is 3.34. The lowest BCUT2D eigenvalue weighted by atomic mass is 10.1. The Balaban J connectivity index is 1.81. The highest BCUT2D eigenvalue weighted by atomic mass is 32.2. The maximum Gasteiger partial charge on any atom is 0.270 e. The number of hydrogen-bond acceptors (Lipinski definition) is 8. The maximum atomic E-state index is 11.3. The molecule has 0 saturated heterocycles. The fourth-order valence-corrected chi connectivity index (χ4v) is 3.66. The van der Waals surface area contributed by atoms with Gasteiger partial charge in [-0.05, 0) is 24.3 Å². The molecule has 0 spiro atoms. The molecule has 0 radical (unpaired) electrons. The van der Waals surface area contributed by atoms with Crippen LogP contribution in [0.4, 0.5) is 11.4 Å². The third-order valence-electron chi connectivity index (χ3n) is 3.77. The number of benzene rings is 2. The molecule has 11 heteroatoms. The molecule has 0 fully saturated rings. The van der Waals surface area contributed by atoms with E-state index in [1.54, 1.807) is 17.5 Å².